The maximum Gasteiger partial charge on any atom is 0.0135 e. The average molecular weight is 156 g/mol. The molecule has 0 aromatic carbocycles. The van der Waals surface area contributed by atoms with Gasteiger partial charge in [-0.3, -0.25) is 0 Å². The standard InChI is InChI=1S/C7H12.C2H8Si/c1-6(2)5-7(3)4;1-3-2/h5H,1H2,2-4H3;3H2,1-2H3. The van der Waals surface area contributed by atoms with Crippen molar-refractivity contribution in [3.05, 3.63) is 23.8 Å². The van der Waals surface area contributed by atoms with Crippen LogP contribution in [0.25, 0.3) is 0 Å². The van der Waals surface area contributed by atoms with Crippen LogP contribution < -0.4 is 0 Å². The van der Waals surface area contributed by atoms with Gasteiger partial charge in [0.1, 0.15) is 0 Å². The van der Waals surface area contributed by atoms with E-state index in [9.17, 15) is 0 Å². The second-order valence-corrected chi connectivity index (χ2v) is 4.19. The Morgan fingerprint density at radius 1 is 1.20 bits per heavy atom. The summed E-state index contributed by atoms with van der Waals surface area (Å²) in [7, 11) is 0.417. The molecule has 0 nitrogen and oxygen atoms in total. The summed E-state index contributed by atoms with van der Waals surface area (Å²) in [5.74, 6) is 0. The molecule has 10 heavy (non-hydrogen) atoms. The molecule has 0 aliphatic carbocycles. The molecule has 0 unspecified atom stereocenters. The fourth-order valence-electron chi connectivity index (χ4n) is 0.493. The Kier molecular flexibility index (Phi) is 10.8. The summed E-state index contributed by atoms with van der Waals surface area (Å²) in [6.07, 6.45) is 2.06. The monoisotopic (exact) mass is 156 g/mol. The molecule has 0 N–H and O–H groups in total. The second-order valence-electron chi connectivity index (χ2n) is 2.78. The third-order valence-electron chi connectivity index (χ3n) is 0.535. The van der Waals surface area contributed by atoms with Gasteiger partial charge in [0.15, 0.2) is 0 Å². The minimum absolute atomic E-state index is 0.417. The highest BCUT2D eigenvalue weighted by Crippen LogP contribution is 1.95. The molecule has 1 heteroatoms. The smallest absolute Gasteiger partial charge is 0.0135 e. The summed E-state index contributed by atoms with van der Waals surface area (Å²) in [5.41, 5.74) is 2.44. The van der Waals surface area contributed by atoms with Crippen molar-refractivity contribution in [1.29, 1.82) is 0 Å². The van der Waals surface area contributed by atoms with Gasteiger partial charge in [-0.15, -0.1) is 0 Å². The molecule has 0 amide bonds. The lowest BCUT2D eigenvalue weighted by molar-refractivity contribution is 1.36. The van der Waals surface area contributed by atoms with E-state index in [4.69, 9.17) is 0 Å². The topological polar surface area (TPSA) is 0 Å². The highest BCUT2D eigenvalue weighted by molar-refractivity contribution is 6.31. The molecule has 0 aromatic rings. The normalized spacial score (nSPS) is 7.30. The van der Waals surface area contributed by atoms with Gasteiger partial charge in [-0.2, -0.15) is 0 Å². The Morgan fingerprint density at radius 2 is 1.50 bits per heavy atom. The van der Waals surface area contributed by atoms with E-state index in [1.807, 2.05) is 6.92 Å². The van der Waals surface area contributed by atoms with Gasteiger partial charge in [0, 0.05) is 9.52 Å². The van der Waals surface area contributed by atoms with Crippen molar-refractivity contribution in [3.63, 3.8) is 0 Å². The fraction of sp³-hybridized carbons (Fsp3) is 0.556. The van der Waals surface area contributed by atoms with Gasteiger partial charge < -0.3 is 0 Å². The van der Waals surface area contributed by atoms with Crippen LogP contribution >= 0.6 is 0 Å². The first-order chi connectivity index (χ1) is 4.54. The van der Waals surface area contributed by atoms with Crippen LogP contribution in [0.1, 0.15) is 20.8 Å². The van der Waals surface area contributed by atoms with Gasteiger partial charge in [-0.25, -0.2) is 0 Å². The molecule has 0 fully saturated rings. The highest BCUT2D eigenvalue weighted by Gasteiger charge is 1.73. The molecule has 0 atom stereocenters. The van der Waals surface area contributed by atoms with Crippen LogP contribution in [0.3, 0.4) is 0 Å². The van der Waals surface area contributed by atoms with Crippen molar-refractivity contribution in [1.82, 2.24) is 0 Å². The summed E-state index contributed by atoms with van der Waals surface area (Å²) in [6.45, 7) is 14.4. The predicted molar refractivity (Wildman–Crippen MR) is 54.5 cm³/mol. The van der Waals surface area contributed by atoms with E-state index >= 15 is 0 Å². The maximum absolute atomic E-state index is 3.72. The Labute approximate surface area is 67.9 Å². The van der Waals surface area contributed by atoms with E-state index in [-0.39, 0.29) is 0 Å². The first kappa shape index (κ1) is 12.4. The van der Waals surface area contributed by atoms with Crippen molar-refractivity contribution in [3.8, 4) is 0 Å². The molecule has 60 valence electrons. The van der Waals surface area contributed by atoms with Crippen LogP contribution in [0.15, 0.2) is 23.8 Å². The number of allylic oxidation sites excluding steroid dienone is 3. The SMILES string of the molecule is C=C(C)C=C(C)C.C[SiH2]C. The van der Waals surface area contributed by atoms with E-state index in [1.54, 1.807) is 0 Å². The van der Waals surface area contributed by atoms with Crippen molar-refractivity contribution < 1.29 is 0 Å². The van der Waals surface area contributed by atoms with Gasteiger partial charge in [0.05, 0.1) is 0 Å². The van der Waals surface area contributed by atoms with E-state index in [0.29, 0.717) is 9.52 Å². The first-order valence-electron chi connectivity index (χ1n) is 3.85. The molecule has 0 radical (unpaired) electrons. The lowest BCUT2D eigenvalue weighted by Crippen LogP contribution is -1.64. The van der Waals surface area contributed by atoms with Crippen LogP contribution in [0.5, 0.6) is 0 Å². The third-order valence-corrected chi connectivity index (χ3v) is 0.535. The molecule has 0 bridgehead atoms. The largest absolute Gasteiger partial charge is 0.0961 e. The molecule has 0 rings (SSSR count). The van der Waals surface area contributed by atoms with Gasteiger partial charge in [0.25, 0.3) is 0 Å². The van der Waals surface area contributed by atoms with Gasteiger partial charge in [0.2, 0.25) is 0 Å². The molecular weight excluding hydrogens is 136 g/mol. The Hall–Kier alpha value is -0.303. The summed E-state index contributed by atoms with van der Waals surface area (Å²) in [6, 6.07) is 0. The Balaban J connectivity index is 0. The Bertz CT molecular complexity index is 108. The molecule has 0 spiro atoms. The van der Waals surface area contributed by atoms with Crippen molar-refractivity contribution >= 4 is 9.52 Å². The van der Waals surface area contributed by atoms with Crippen molar-refractivity contribution in [2.75, 3.05) is 0 Å². The van der Waals surface area contributed by atoms with E-state index in [0.717, 1.165) is 5.57 Å². The van der Waals surface area contributed by atoms with Crippen molar-refractivity contribution in [2.45, 2.75) is 33.9 Å². The van der Waals surface area contributed by atoms with Gasteiger partial charge in [-0.05, 0) is 20.8 Å². The quantitative estimate of drug-likeness (QED) is 0.404. The Morgan fingerprint density at radius 3 is 1.50 bits per heavy atom. The molecule has 0 saturated carbocycles. The lowest BCUT2D eigenvalue weighted by Gasteiger charge is -1.85. The minimum Gasteiger partial charge on any atom is -0.0961 e. The zero-order chi connectivity index (χ0) is 8.57. The summed E-state index contributed by atoms with van der Waals surface area (Å²) < 4.78 is 0. The number of hydrogen-bond acceptors (Lipinski definition) is 0. The second kappa shape index (κ2) is 8.70. The third kappa shape index (κ3) is 25.3. The minimum atomic E-state index is 0.417. The summed E-state index contributed by atoms with van der Waals surface area (Å²) >= 11 is 0. The van der Waals surface area contributed by atoms with Crippen LogP contribution in [0.2, 0.25) is 13.1 Å². The lowest BCUT2D eigenvalue weighted by atomic mass is 10.2. The van der Waals surface area contributed by atoms with E-state index in [1.165, 1.54) is 5.57 Å². The van der Waals surface area contributed by atoms with E-state index < -0.39 is 0 Å². The number of hydrogen-bond donors (Lipinski definition) is 0. The molecule has 0 saturated heterocycles. The average Bonchev–Trinajstić information content (AvgIpc) is 1.62. The summed E-state index contributed by atoms with van der Waals surface area (Å²) in [4.78, 5) is 0. The number of rotatable bonds is 1. The fourth-order valence-corrected chi connectivity index (χ4v) is 0.493. The molecule has 0 aliphatic heterocycles. The van der Waals surface area contributed by atoms with Gasteiger partial charge >= 0.3 is 0 Å². The molecule has 0 aromatic heterocycles. The van der Waals surface area contributed by atoms with Crippen LogP contribution in [-0.2, 0) is 0 Å². The molecule has 0 aliphatic rings. The zero-order valence-electron chi connectivity index (χ0n) is 7.99. The van der Waals surface area contributed by atoms with Crippen LogP contribution in [-0.4, -0.2) is 9.52 Å². The van der Waals surface area contributed by atoms with Crippen LogP contribution in [0.4, 0.5) is 0 Å². The highest BCUT2D eigenvalue weighted by atomic mass is 28.2. The zero-order valence-corrected chi connectivity index (χ0v) is 9.41. The van der Waals surface area contributed by atoms with Gasteiger partial charge in [-0.1, -0.05) is 36.9 Å². The van der Waals surface area contributed by atoms with Crippen molar-refractivity contribution in [2.24, 2.45) is 0 Å². The summed E-state index contributed by atoms with van der Waals surface area (Å²) in [5, 5.41) is 0. The van der Waals surface area contributed by atoms with E-state index in [2.05, 4.69) is 39.6 Å². The van der Waals surface area contributed by atoms with Crippen LogP contribution in [0, 0.1) is 0 Å². The first-order valence-corrected chi connectivity index (χ1v) is 6.67. The maximum atomic E-state index is 3.72. The molecule has 0 heterocycles. The molecular formula is C9H20Si. The predicted octanol–water partition coefficient (Wildman–Crippen LogP) is 2.78.